The molecule has 0 aliphatic rings. The molecule has 0 fully saturated rings. The zero-order valence-corrected chi connectivity index (χ0v) is 22.2. The second-order valence-electron chi connectivity index (χ2n) is 9.18. The van der Waals surface area contributed by atoms with E-state index in [2.05, 4.69) is 31.2 Å². The standard InChI is InChI=1S/C25H34N8O8/c1-13(30-22(37)16(26)7-14-5-3-2-4-6-14)21(36)31-18(9-20(27)35)24(39)32-17(8-15-10-28-12-29-15)23(38)33-19(11-34)25(40)41/h2-6,10,12-13,16-19,34H,7-9,11,26H2,1H3,(H2,27,35)(H,28,29)(H,30,37)(H,31,36)(H,32,39)(H,33,38)(H,40,41)/t13-,16-,17-,18-,19-/m0/s1. The summed E-state index contributed by atoms with van der Waals surface area (Å²) in [5.41, 5.74) is 12.4. The Morgan fingerprint density at radius 1 is 0.878 bits per heavy atom. The van der Waals surface area contributed by atoms with Gasteiger partial charge in [-0.25, -0.2) is 9.78 Å². The number of carbonyl (C=O) groups is 6. The summed E-state index contributed by atoms with van der Waals surface area (Å²) in [4.78, 5) is 80.7. The van der Waals surface area contributed by atoms with E-state index >= 15 is 0 Å². The minimum Gasteiger partial charge on any atom is -0.480 e. The number of aliphatic hydroxyl groups excluding tert-OH is 1. The third-order valence-corrected chi connectivity index (χ3v) is 5.83. The Hall–Kier alpha value is -4.83. The van der Waals surface area contributed by atoms with Gasteiger partial charge in [-0.2, -0.15) is 0 Å². The van der Waals surface area contributed by atoms with Crippen LogP contribution in [0.15, 0.2) is 42.9 Å². The molecule has 11 N–H and O–H groups in total. The van der Waals surface area contributed by atoms with Gasteiger partial charge in [0.1, 0.15) is 24.2 Å². The van der Waals surface area contributed by atoms with Crippen LogP contribution in [-0.2, 0) is 41.6 Å². The number of carboxylic acid groups (broad SMARTS) is 1. The molecule has 5 amide bonds. The second-order valence-corrected chi connectivity index (χ2v) is 9.18. The Bertz CT molecular complexity index is 1210. The number of H-pyrrole nitrogens is 1. The van der Waals surface area contributed by atoms with Crippen LogP contribution in [0.1, 0.15) is 24.6 Å². The normalized spacial score (nSPS) is 14.4. The van der Waals surface area contributed by atoms with Gasteiger partial charge < -0.3 is 47.9 Å². The molecule has 1 heterocycles. The quantitative estimate of drug-likeness (QED) is 0.0951. The maximum atomic E-state index is 13.1. The largest absolute Gasteiger partial charge is 0.480 e. The number of carbonyl (C=O) groups excluding carboxylic acids is 5. The van der Waals surface area contributed by atoms with Crippen LogP contribution in [0.5, 0.6) is 0 Å². The van der Waals surface area contributed by atoms with Gasteiger partial charge in [-0.1, -0.05) is 30.3 Å². The Morgan fingerprint density at radius 3 is 2.05 bits per heavy atom. The van der Waals surface area contributed by atoms with Gasteiger partial charge >= 0.3 is 5.97 Å². The van der Waals surface area contributed by atoms with E-state index in [0.29, 0.717) is 5.69 Å². The SMILES string of the molecule is C[C@H](NC(=O)[C@@H](N)Cc1ccccc1)C(=O)N[C@@H](CC(N)=O)C(=O)N[C@@H](Cc1cnc[nH]1)C(=O)N[C@@H](CO)C(=O)O. The van der Waals surface area contributed by atoms with E-state index < -0.39 is 78.7 Å². The average molecular weight is 575 g/mol. The molecule has 41 heavy (non-hydrogen) atoms. The van der Waals surface area contributed by atoms with Crippen LogP contribution in [0.4, 0.5) is 0 Å². The highest BCUT2D eigenvalue weighted by molar-refractivity contribution is 5.97. The molecule has 0 bridgehead atoms. The number of imidazole rings is 1. The number of hydrogen-bond donors (Lipinski definition) is 9. The number of carboxylic acids is 1. The summed E-state index contributed by atoms with van der Waals surface area (Å²) >= 11 is 0. The molecular weight excluding hydrogens is 540 g/mol. The van der Waals surface area contributed by atoms with E-state index in [1.807, 2.05) is 6.07 Å². The van der Waals surface area contributed by atoms with Crippen LogP contribution in [0.2, 0.25) is 0 Å². The van der Waals surface area contributed by atoms with Crippen molar-refractivity contribution in [2.45, 2.75) is 56.4 Å². The molecule has 2 rings (SSSR count). The molecule has 0 aliphatic heterocycles. The highest BCUT2D eigenvalue weighted by atomic mass is 16.4. The lowest BCUT2D eigenvalue weighted by Gasteiger charge is -2.24. The molecule has 0 saturated carbocycles. The fourth-order valence-corrected chi connectivity index (χ4v) is 3.61. The summed E-state index contributed by atoms with van der Waals surface area (Å²) in [6, 6.07) is 2.24. The molecule has 16 nitrogen and oxygen atoms in total. The number of aliphatic carboxylic acids is 1. The van der Waals surface area contributed by atoms with Crippen molar-refractivity contribution < 1.29 is 39.0 Å². The zero-order chi connectivity index (χ0) is 30.5. The van der Waals surface area contributed by atoms with E-state index in [1.165, 1.54) is 19.4 Å². The predicted octanol–water partition coefficient (Wildman–Crippen LogP) is -3.57. The molecule has 0 aliphatic carbocycles. The highest BCUT2D eigenvalue weighted by Gasteiger charge is 2.32. The second kappa shape index (κ2) is 15.7. The minimum atomic E-state index is -1.65. The lowest BCUT2D eigenvalue weighted by Crippen LogP contribution is -2.59. The number of nitrogens with one attached hydrogen (secondary N) is 5. The van der Waals surface area contributed by atoms with Crippen molar-refractivity contribution in [3.05, 3.63) is 54.1 Å². The van der Waals surface area contributed by atoms with Crippen LogP contribution >= 0.6 is 0 Å². The van der Waals surface area contributed by atoms with Gasteiger partial charge in [0.2, 0.25) is 29.5 Å². The van der Waals surface area contributed by atoms with E-state index in [9.17, 15) is 33.9 Å². The van der Waals surface area contributed by atoms with Crippen LogP contribution in [0.25, 0.3) is 0 Å². The van der Waals surface area contributed by atoms with Gasteiger partial charge in [0.15, 0.2) is 0 Å². The molecule has 0 spiro atoms. The van der Waals surface area contributed by atoms with Crippen molar-refractivity contribution in [1.29, 1.82) is 0 Å². The van der Waals surface area contributed by atoms with Crippen molar-refractivity contribution in [2.75, 3.05) is 6.61 Å². The first-order valence-electron chi connectivity index (χ1n) is 12.5. The van der Waals surface area contributed by atoms with Crippen molar-refractivity contribution in [1.82, 2.24) is 31.2 Å². The number of primary amides is 1. The number of hydrogen-bond acceptors (Lipinski definition) is 9. The molecule has 5 atom stereocenters. The summed E-state index contributed by atoms with van der Waals surface area (Å²) in [5.74, 6) is -5.88. The number of aromatic nitrogens is 2. The number of nitrogens with two attached hydrogens (primary N) is 2. The summed E-state index contributed by atoms with van der Waals surface area (Å²) in [7, 11) is 0. The number of benzene rings is 1. The van der Waals surface area contributed by atoms with E-state index in [1.54, 1.807) is 24.3 Å². The average Bonchev–Trinajstić information content (AvgIpc) is 3.43. The van der Waals surface area contributed by atoms with Crippen LogP contribution in [0, 0.1) is 0 Å². The van der Waals surface area contributed by atoms with Crippen molar-refractivity contribution in [3.8, 4) is 0 Å². The summed E-state index contributed by atoms with van der Waals surface area (Å²) in [5, 5.41) is 27.6. The molecule has 16 heteroatoms. The Labute approximate surface area is 234 Å². The fourth-order valence-electron chi connectivity index (χ4n) is 3.61. The minimum absolute atomic E-state index is 0.182. The third-order valence-electron chi connectivity index (χ3n) is 5.83. The third kappa shape index (κ3) is 10.7. The number of aliphatic hydroxyl groups is 1. The maximum Gasteiger partial charge on any atom is 0.328 e. The molecule has 2 aromatic rings. The van der Waals surface area contributed by atoms with Crippen molar-refractivity contribution in [2.24, 2.45) is 11.5 Å². The molecule has 0 radical (unpaired) electrons. The number of nitrogens with zero attached hydrogens (tertiary/aromatic N) is 1. The first-order chi connectivity index (χ1) is 19.4. The lowest BCUT2D eigenvalue weighted by molar-refractivity contribution is -0.143. The van der Waals surface area contributed by atoms with Crippen LogP contribution in [-0.4, -0.2) is 92.5 Å². The van der Waals surface area contributed by atoms with Crippen molar-refractivity contribution in [3.63, 3.8) is 0 Å². The highest BCUT2D eigenvalue weighted by Crippen LogP contribution is 2.04. The zero-order valence-electron chi connectivity index (χ0n) is 22.2. The maximum absolute atomic E-state index is 13.1. The topological polar surface area (TPSA) is 272 Å². The number of amides is 5. The lowest BCUT2D eigenvalue weighted by atomic mass is 10.1. The van der Waals surface area contributed by atoms with Gasteiger partial charge in [0.05, 0.1) is 25.4 Å². The van der Waals surface area contributed by atoms with Crippen LogP contribution in [0.3, 0.4) is 0 Å². The summed E-state index contributed by atoms with van der Waals surface area (Å²) in [6.07, 6.45) is 2.06. The van der Waals surface area contributed by atoms with Gasteiger partial charge in [0.25, 0.3) is 0 Å². The number of rotatable bonds is 16. The molecule has 1 aromatic heterocycles. The van der Waals surface area contributed by atoms with E-state index in [0.717, 1.165) is 5.56 Å². The summed E-state index contributed by atoms with van der Waals surface area (Å²) < 4.78 is 0. The van der Waals surface area contributed by atoms with Gasteiger partial charge in [-0.15, -0.1) is 0 Å². The van der Waals surface area contributed by atoms with Gasteiger partial charge in [-0.3, -0.25) is 24.0 Å². The number of aromatic amines is 1. The molecular formula is C25H34N8O8. The van der Waals surface area contributed by atoms with Crippen LogP contribution < -0.4 is 32.7 Å². The monoisotopic (exact) mass is 574 g/mol. The Kier molecular flexibility index (Phi) is 12.4. The molecule has 222 valence electrons. The Balaban J connectivity index is 2.09. The van der Waals surface area contributed by atoms with E-state index in [4.69, 9.17) is 16.6 Å². The van der Waals surface area contributed by atoms with Gasteiger partial charge in [0, 0.05) is 18.3 Å². The smallest absolute Gasteiger partial charge is 0.328 e. The molecule has 0 unspecified atom stereocenters. The van der Waals surface area contributed by atoms with Gasteiger partial charge in [-0.05, 0) is 18.9 Å². The summed E-state index contributed by atoms with van der Waals surface area (Å²) in [6.45, 7) is 0.432. The first-order valence-corrected chi connectivity index (χ1v) is 12.5. The van der Waals surface area contributed by atoms with E-state index in [-0.39, 0.29) is 12.8 Å². The Morgan fingerprint density at radius 2 is 1.49 bits per heavy atom. The molecule has 0 saturated heterocycles. The first kappa shape index (κ1) is 32.4. The van der Waals surface area contributed by atoms with Crippen molar-refractivity contribution >= 4 is 35.5 Å². The molecule has 1 aromatic carbocycles. The fraction of sp³-hybridized carbons (Fsp3) is 0.400. The predicted molar refractivity (Wildman–Crippen MR) is 142 cm³/mol.